The Balaban J connectivity index is 1.82. The molecule has 1 aromatic rings. The van der Waals surface area contributed by atoms with Gasteiger partial charge in [0, 0.05) is 11.1 Å². The lowest BCUT2D eigenvalue weighted by Crippen LogP contribution is -2.34. The van der Waals surface area contributed by atoms with E-state index in [4.69, 9.17) is 11.6 Å². The number of hydrogen-bond acceptors (Lipinski definition) is 2. The summed E-state index contributed by atoms with van der Waals surface area (Å²) in [5, 5.41) is 7.82. The van der Waals surface area contributed by atoms with Crippen LogP contribution in [0.5, 0.6) is 0 Å². The van der Waals surface area contributed by atoms with E-state index in [1.807, 2.05) is 18.2 Å². The summed E-state index contributed by atoms with van der Waals surface area (Å²) in [7, 11) is 0. The topological polar surface area (TPSA) is 24.1 Å². The highest BCUT2D eigenvalue weighted by Crippen LogP contribution is 2.18. The van der Waals surface area contributed by atoms with Crippen LogP contribution in [0.25, 0.3) is 0 Å². The number of halogens is 1. The summed E-state index contributed by atoms with van der Waals surface area (Å²) < 4.78 is 0. The minimum atomic E-state index is 0.378. The van der Waals surface area contributed by atoms with Crippen molar-refractivity contribution < 1.29 is 0 Å². The molecule has 0 unspecified atom stereocenters. The van der Waals surface area contributed by atoms with Crippen LogP contribution in [-0.2, 0) is 0 Å². The molecule has 0 amide bonds. The number of piperidine rings is 1. The Morgan fingerprint density at radius 3 is 2.88 bits per heavy atom. The quantitative estimate of drug-likeness (QED) is 0.861. The molecule has 1 aromatic carbocycles. The first-order chi connectivity index (χ1) is 8.25. The number of rotatable bonds is 4. The molecule has 1 atom stereocenters. The third-order valence-electron chi connectivity index (χ3n) is 3.52. The molecule has 3 heteroatoms. The Labute approximate surface area is 109 Å². The summed E-state index contributed by atoms with van der Waals surface area (Å²) in [6.07, 6.45) is 2.57. The summed E-state index contributed by atoms with van der Waals surface area (Å²) in [4.78, 5) is 0. The molecule has 94 valence electrons. The standard InChI is InChI=1S/C14H21ClN2/c1-11(13-3-2-4-14(15)9-13)17-10-12-5-7-16-8-6-12/h2-4,9,11-12,16-17H,5-8,10H2,1H3/t11-/m0/s1. The molecular formula is C14H21ClN2. The number of hydrogen-bond donors (Lipinski definition) is 2. The van der Waals surface area contributed by atoms with Crippen LogP contribution >= 0.6 is 11.6 Å². The van der Waals surface area contributed by atoms with Gasteiger partial charge in [-0.2, -0.15) is 0 Å². The summed E-state index contributed by atoms with van der Waals surface area (Å²) >= 11 is 6.00. The molecule has 0 saturated carbocycles. The van der Waals surface area contributed by atoms with Crippen molar-refractivity contribution in [2.24, 2.45) is 5.92 Å². The zero-order valence-electron chi connectivity index (χ0n) is 10.4. The lowest BCUT2D eigenvalue weighted by atomic mass is 9.97. The first-order valence-electron chi connectivity index (χ1n) is 6.45. The van der Waals surface area contributed by atoms with Crippen LogP contribution in [0.3, 0.4) is 0 Å². The van der Waals surface area contributed by atoms with Gasteiger partial charge in [-0.15, -0.1) is 0 Å². The normalized spacial score (nSPS) is 19.2. The van der Waals surface area contributed by atoms with Gasteiger partial charge >= 0.3 is 0 Å². The van der Waals surface area contributed by atoms with Gasteiger partial charge in [-0.05, 0) is 63.0 Å². The van der Waals surface area contributed by atoms with Gasteiger partial charge in [0.2, 0.25) is 0 Å². The van der Waals surface area contributed by atoms with E-state index in [0.29, 0.717) is 6.04 Å². The van der Waals surface area contributed by atoms with Crippen LogP contribution in [0.1, 0.15) is 31.4 Å². The highest BCUT2D eigenvalue weighted by atomic mass is 35.5. The minimum Gasteiger partial charge on any atom is -0.317 e. The first-order valence-corrected chi connectivity index (χ1v) is 6.83. The summed E-state index contributed by atoms with van der Waals surface area (Å²) in [6.45, 7) is 5.64. The molecule has 0 spiro atoms. The maximum Gasteiger partial charge on any atom is 0.0409 e. The van der Waals surface area contributed by atoms with Gasteiger partial charge < -0.3 is 10.6 Å². The number of benzene rings is 1. The summed E-state index contributed by atoms with van der Waals surface area (Å²) in [5.74, 6) is 0.817. The van der Waals surface area contributed by atoms with Crippen molar-refractivity contribution in [1.29, 1.82) is 0 Å². The third kappa shape index (κ3) is 3.98. The second-order valence-electron chi connectivity index (χ2n) is 4.88. The maximum absolute atomic E-state index is 6.00. The van der Waals surface area contributed by atoms with E-state index < -0.39 is 0 Å². The predicted octanol–water partition coefficient (Wildman–Crippen LogP) is 2.99. The van der Waals surface area contributed by atoms with Gasteiger partial charge in [-0.1, -0.05) is 23.7 Å². The highest BCUT2D eigenvalue weighted by molar-refractivity contribution is 6.30. The van der Waals surface area contributed by atoms with Crippen molar-refractivity contribution in [2.45, 2.75) is 25.8 Å². The Bertz CT molecular complexity index is 348. The first kappa shape index (κ1) is 12.9. The second kappa shape index (κ2) is 6.39. The van der Waals surface area contributed by atoms with Gasteiger partial charge in [-0.3, -0.25) is 0 Å². The van der Waals surface area contributed by atoms with Crippen molar-refractivity contribution >= 4 is 11.6 Å². The van der Waals surface area contributed by atoms with Crippen LogP contribution in [0.4, 0.5) is 0 Å². The van der Waals surface area contributed by atoms with Crippen molar-refractivity contribution in [1.82, 2.24) is 10.6 Å². The van der Waals surface area contributed by atoms with E-state index in [1.54, 1.807) is 0 Å². The Morgan fingerprint density at radius 1 is 1.41 bits per heavy atom. The molecule has 2 rings (SSSR count). The fourth-order valence-electron chi connectivity index (χ4n) is 2.32. The van der Waals surface area contributed by atoms with Gasteiger partial charge in [0.1, 0.15) is 0 Å². The van der Waals surface area contributed by atoms with Crippen LogP contribution in [0.2, 0.25) is 5.02 Å². The molecule has 2 nitrogen and oxygen atoms in total. The molecule has 1 saturated heterocycles. The fraction of sp³-hybridized carbons (Fsp3) is 0.571. The molecule has 0 radical (unpaired) electrons. The molecule has 0 aromatic heterocycles. The van der Waals surface area contributed by atoms with Crippen LogP contribution in [-0.4, -0.2) is 19.6 Å². The molecule has 1 fully saturated rings. The van der Waals surface area contributed by atoms with E-state index in [-0.39, 0.29) is 0 Å². The average molecular weight is 253 g/mol. The van der Waals surface area contributed by atoms with Crippen LogP contribution < -0.4 is 10.6 Å². The Kier molecular flexibility index (Phi) is 4.84. The lowest BCUT2D eigenvalue weighted by Gasteiger charge is -2.25. The van der Waals surface area contributed by atoms with Crippen molar-refractivity contribution in [2.75, 3.05) is 19.6 Å². The Morgan fingerprint density at radius 2 is 2.18 bits per heavy atom. The SMILES string of the molecule is C[C@H](NCC1CCNCC1)c1cccc(Cl)c1. The summed E-state index contributed by atoms with van der Waals surface area (Å²) in [5.41, 5.74) is 1.27. The Hall–Kier alpha value is -0.570. The van der Waals surface area contributed by atoms with E-state index in [2.05, 4.69) is 23.6 Å². The monoisotopic (exact) mass is 252 g/mol. The van der Waals surface area contributed by atoms with Crippen molar-refractivity contribution in [3.8, 4) is 0 Å². The van der Waals surface area contributed by atoms with Crippen LogP contribution in [0.15, 0.2) is 24.3 Å². The molecule has 1 aliphatic heterocycles. The molecule has 0 aliphatic carbocycles. The summed E-state index contributed by atoms with van der Waals surface area (Å²) in [6, 6.07) is 8.49. The van der Waals surface area contributed by atoms with E-state index in [0.717, 1.165) is 30.6 Å². The van der Waals surface area contributed by atoms with Gasteiger partial charge in [0.05, 0.1) is 0 Å². The van der Waals surface area contributed by atoms with Crippen LogP contribution in [0, 0.1) is 5.92 Å². The van der Waals surface area contributed by atoms with E-state index >= 15 is 0 Å². The minimum absolute atomic E-state index is 0.378. The predicted molar refractivity (Wildman–Crippen MR) is 73.5 cm³/mol. The van der Waals surface area contributed by atoms with Gasteiger partial charge in [0.25, 0.3) is 0 Å². The third-order valence-corrected chi connectivity index (χ3v) is 3.76. The molecular weight excluding hydrogens is 232 g/mol. The van der Waals surface area contributed by atoms with Gasteiger partial charge in [0.15, 0.2) is 0 Å². The fourth-order valence-corrected chi connectivity index (χ4v) is 2.52. The molecule has 17 heavy (non-hydrogen) atoms. The second-order valence-corrected chi connectivity index (χ2v) is 5.31. The van der Waals surface area contributed by atoms with Crippen molar-refractivity contribution in [3.63, 3.8) is 0 Å². The van der Waals surface area contributed by atoms with E-state index in [1.165, 1.54) is 18.4 Å². The lowest BCUT2D eigenvalue weighted by molar-refractivity contribution is 0.345. The highest BCUT2D eigenvalue weighted by Gasteiger charge is 2.14. The molecule has 0 bridgehead atoms. The van der Waals surface area contributed by atoms with Crippen molar-refractivity contribution in [3.05, 3.63) is 34.9 Å². The molecule has 1 aliphatic rings. The van der Waals surface area contributed by atoms with E-state index in [9.17, 15) is 0 Å². The largest absolute Gasteiger partial charge is 0.317 e. The smallest absolute Gasteiger partial charge is 0.0409 e. The number of nitrogens with one attached hydrogen (secondary N) is 2. The molecule has 2 N–H and O–H groups in total. The zero-order chi connectivity index (χ0) is 12.1. The average Bonchev–Trinajstić information content (AvgIpc) is 2.37. The zero-order valence-corrected chi connectivity index (χ0v) is 11.1. The molecule has 1 heterocycles. The van der Waals surface area contributed by atoms with Gasteiger partial charge in [-0.25, -0.2) is 0 Å². The maximum atomic E-state index is 6.00.